The quantitative estimate of drug-likeness (QED) is 0.573. The maximum Gasteiger partial charge on any atom is 0.248 e. The number of carbonyl (C=O) groups is 1. The number of aryl methyl sites for hydroxylation is 1. The Hall–Kier alpha value is -3.68. The van der Waals surface area contributed by atoms with E-state index in [9.17, 15) is 9.18 Å². The van der Waals surface area contributed by atoms with Gasteiger partial charge in [-0.15, -0.1) is 0 Å². The van der Waals surface area contributed by atoms with Crippen molar-refractivity contribution in [1.29, 1.82) is 0 Å². The van der Waals surface area contributed by atoms with Crippen LogP contribution in [0.4, 0.5) is 27.5 Å². The summed E-state index contributed by atoms with van der Waals surface area (Å²) >= 11 is 0. The Labute approximate surface area is 161 Å². The predicted molar refractivity (Wildman–Crippen MR) is 106 cm³/mol. The Bertz CT molecular complexity index is 992. The van der Waals surface area contributed by atoms with Crippen LogP contribution in [0, 0.1) is 12.7 Å². The fourth-order valence-electron chi connectivity index (χ4n) is 2.54. The van der Waals surface area contributed by atoms with Gasteiger partial charge in [-0.05, 0) is 61.9 Å². The molecule has 4 N–H and O–H groups in total. The summed E-state index contributed by atoms with van der Waals surface area (Å²) in [5.41, 5.74) is 7.85. The zero-order chi connectivity index (χ0) is 20.1. The standard InChI is InChI=1S/C20H20FN5O2/c1-3-28-17-9-8-15(10-12(17)2)24-19-16(21)11-23-20(26-19)25-14-6-4-13(5-7-14)18(22)27/h4-11H,3H2,1-2H3,(H2,22,27)(H2,23,24,25,26). The molecule has 144 valence electrons. The molecule has 1 amide bonds. The van der Waals surface area contributed by atoms with Crippen LogP contribution in [0.1, 0.15) is 22.8 Å². The third-order valence-corrected chi connectivity index (χ3v) is 3.91. The summed E-state index contributed by atoms with van der Waals surface area (Å²) in [5.74, 6) is -0.0750. The normalized spacial score (nSPS) is 10.4. The summed E-state index contributed by atoms with van der Waals surface area (Å²) in [5, 5.41) is 5.91. The molecule has 3 rings (SSSR count). The second-order valence-electron chi connectivity index (χ2n) is 6.00. The fraction of sp³-hybridized carbons (Fsp3) is 0.150. The number of hydrogen-bond acceptors (Lipinski definition) is 6. The Morgan fingerprint density at radius 1 is 1.14 bits per heavy atom. The van der Waals surface area contributed by atoms with E-state index in [4.69, 9.17) is 10.5 Å². The highest BCUT2D eigenvalue weighted by Crippen LogP contribution is 2.25. The molecular weight excluding hydrogens is 361 g/mol. The van der Waals surface area contributed by atoms with Gasteiger partial charge in [0.25, 0.3) is 0 Å². The molecular formula is C20H20FN5O2. The molecule has 0 fully saturated rings. The van der Waals surface area contributed by atoms with Crippen molar-refractivity contribution < 1.29 is 13.9 Å². The number of anilines is 4. The molecule has 1 heterocycles. The largest absolute Gasteiger partial charge is 0.494 e. The van der Waals surface area contributed by atoms with Gasteiger partial charge in [-0.3, -0.25) is 4.79 Å². The molecule has 0 spiro atoms. The molecule has 1 aromatic heterocycles. The molecule has 2 aromatic carbocycles. The van der Waals surface area contributed by atoms with Crippen LogP contribution in [-0.4, -0.2) is 22.5 Å². The van der Waals surface area contributed by atoms with Crippen molar-refractivity contribution in [2.45, 2.75) is 13.8 Å². The molecule has 0 unspecified atom stereocenters. The maximum absolute atomic E-state index is 14.1. The van der Waals surface area contributed by atoms with Gasteiger partial charge in [0.05, 0.1) is 12.8 Å². The van der Waals surface area contributed by atoms with Crippen LogP contribution in [0.15, 0.2) is 48.7 Å². The molecule has 0 aliphatic heterocycles. The summed E-state index contributed by atoms with van der Waals surface area (Å²) in [6, 6.07) is 11.9. The molecule has 7 nitrogen and oxygen atoms in total. The number of halogens is 1. The molecule has 0 radical (unpaired) electrons. The molecule has 0 bridgehead atoms. The van der Waals surface area contributed by atoms with Gasteiger partial charge < -0.3 is 21.1 Å². The first-order valence-corrected chi connectivity index (χ1v) is 8.66. The molecule has 0 saturated carbocycles. The van der Waals surface area contributed by atoms with E-state index in [-0.39, 0.29) is 11.8 Å². The number of carbonyl (C=O) groups excluding carboxylic acids is 1. The lowest BCUT2D eigenvalue weighted by Crippen LogP contribution is -2.10. The minimum absolute atomic E-state index is 0.0369. The fourth-order valence-corrected chi connectivity index (χ4v) is 2.54. The number of rotatable bonds is 7. The van der Waals surface area contributed by atoms with Crippen molar-refractivity contribution in [3.8, 4) is 5.75 Å². The number of nitrogens with zero attached hydrogens (tertiary/aromatic N) is 2. The first kappa shape index (κ1) is 19.1. The average Bonchev–Trinajstić information content (AvgIpc) is 2.67. The van der Waals surface area contributed by atoms with E-state index in [1.54, 1.807) is 30.3 Å². The number of primary amides is 1. The monoisotopic (exact) mass is 381 g/mol. The molecule has 0 aliphatic rings. The van der Waals surface area contributed by atoms with Gasteiger partial charge >= 0.3 is 0 Å². The highest BCUT2D eigenvalue weighted by molar-refractivity contribution is 5.93. The first-order valence-electron chi connectivity index (χ1n) is 8.66. The minimum atomic E-state index is -0.582. The lowest BCUT2D eigenvalue weighted by atomic mass is 10.2. The smallest absolute Gasteiger partial charge is 0.248 e. The van der Waals surface area contributed by atoms with Crippen LogP contribution in [0.5, 0.6) is 5.75 Å². The van der Waals surface area contributed by atoms with Crippen molar-refractivity contribution in [2.24, 2.45) is 5.73 Å². The van der Waals surface area contributed by atoms with Crippen LogP contribution in [0.2, 0.25) is 0 Å². The second-order valence-corrected chi connectivity index (χ2v) is 6.00. The van der Waals surface area contributed by atoms with Crippen LogP contribution >= 0.6 is 0 Å². The zero-order valence-electron chi connectivity index (χ0n) is 15.5. The van der Waals surface area contributed by atoms with Crippen molar-refractivity contribution in [3.05, 3.63) is 65.6 Å². The molecule has 0 atom stereocenters. The summed E-state index contributed by atoms with van der Waals surface area (Å²) < 4.78 is 19.7. The summed E-state index contributed by atoms with van der Waals surface area (Å²) in [6.45, 7) is 4.40. The van der Waals surface area contributed by atoms with Crippen LogP contribution in [0.25, 0.3) is 0 Å². The third kappa shape index (κ3) is 4.53. The number of ether oxygens (including phenoxy) is 1. The predicted octanol–water partition coefficient (Wildman–Crippen LogP) is 3.91. The first-order chi connectivity index (χ1) is 13.5. The van der Waals surface area contributed by atoms with Gasteiger partial charge in [-0.1, -0.05) is 0 Å². The molecule has 0 aliphatic carbocycles. The lowest BCUT2D eigenvalue weighted by molar-refractivity contribution is 0.100. The number of hydrogen-bond donors (Lipinski definition) is 3. The van der Waals surface area contributed by atoms with Crippen LogP contribution in [-0.2, 0) is 0 Å². The van der Waals surface area contributed by atoms with Gasteiger partial charge in [0.1, 0.15) is 5.75 Å². The number of amides is 1. The van der Waals surface area contributed by atoms with Crippen molar-refractivity contribution in [2.75, 3.05) is 17.2 Å². The van der Waals surface area contributed by atoms with E-state index >= 15 is 0 Å². The molecule has 0 saturated heterocycles. The Morgan fingerprint density at radius 2 is 1.86 bits per heavy atom. The molecule has 3 aromatic rings. The van der Waals surface area contributed by atoms with Crippen LogP contribution < -0.4 is 21.1 Å². The van der Waals surface area contributed by atoms with Crippen molar-refractivity contribution in [3.63, 3.8) is 0 Å². The van der Waals surface area contributed by atoms with Gasteiger partial charge in [0.15, 0.2) is 11.6 Å². The topological polar surface area (TPSA) is 102 Å². The van der Waals surface area contributed by atoms with Crippen molar-refractivity contribution in [1.82, 2.24) is 9.97 Å². The number of aromatic nitrogens is 2. The number of benzene rings is 2. The van der Waals surface area contributed by atoms with Crippen LogP contribution in [0.3, 0.4) is 0 Å². The van der Waals surface area contributed by atoms with E-state index in [1.807, 2.05) is 26.0 Å². The lowest BCUT2D eigenvalue weighted by Gasteiger charge is -2.12. The Morgan fingerprint density at radius 3 is 2.50 bits per heavy atom. The zero-order valence-corrected chi connectivity index (χ0v) is 15.5. The number of nitrogens with two attached hydrogens (primary N) is 1. The SMILES string of the molecule is CCOc1ccc(Nc2nc(Nc3ccc(C(N)=O)cc3)ncc2F)cc1C. The average molecular weight is 381 g/mol. The highest BCUT2D eigenvalue weighted by atomic mass is 19.1. The third-order valence-electron chi connectivity index (χ3n) is 3.91. The van der Waals surface area contributed by atoms with Gasteiger partial charge in [0.2, 0.25) is 11.9 Å². The summed E-state index contributed by atoms with van der Waals surface area (Å²) in [4.78, 5) is 19.2. The van der Waals surface area contributed by atoms with Crippen molar-refractivity contribution >= 4 is 29.0 Å². The van der Waals surface area contributed by atoms with Gasteiger partial charge in [-0.25, -0.2) is 9.37 Å². The van der Waals surface area contributed by atoms with E-state index in [0.29, 0.717) is 23.5 Å². The van der Waals surface area contributed by atoms with Gasteiger partial charge in [-0.2, -0.15) is 4.98 Å². The summed E-state index contributed by atoms with van der Waals surface area (Å²) in [7, 11) is 0. The van der Waals surface area contributed by atoms with E-state index in [2.05, 4.69) is 20.6 Å². The summed E-state index contributed by atoms with van der Waals surface area (Å²) in [6.07, 6.45) is 1.08. The highest BCUT2D eigenvalue weighted by Gasteiger charge is 2.09. The molecule has 28 heavy (non-hydrogen) atoms. The number of nitrogens with one attached hydrogen (secondary N) is 2. The maximum atomic E-state index is 14.1. The Kier molecular flexibility index (Phi) is 5.69. The minimum Gasteiger partial charge on any atom is -0.494 e. The van der Waals surface area contributed by atoms with Gasteiger partial charge in [0, 0.05) is 16.9 Å². The Balaban J connectivity index is 1.77. The van der Waals surface area contributed by atoms with E-state index in [1.165, 1.54) is 0 Å². The van der Waals surface area contributed by atoms with E-state index in [0.717, 1.165) is 17.5 Å². The second kappa shape index (κ2) is 8.34. The molecule has 8 heteroatoms. The van der Waals surface area contributed by atoms with E-state index < -0.39 is 11.7 Å².